The Morgan fingerprint density at radius 2 is 2.48 bits per heavy atom. The molecule has 1 atom stereocenters. The van der Waals surface area contributed by atoms with Crippen LogP contribution in [0.15, 0.2) is 12.3 Å². The molecule has 1 saturated heterocycles. The summed E-state index contributed by atoms with van der Waals surface area (Å²) in [4.78, 5) is 16.5. The van der Waals surface area contributed by atoms with Gasteiger partial charge in [0.05, 0.1) is 4.92 Å². The molecule has 0 aromatic carbocycles. The Morgan fingerprint density at radius 3 is 3.05 bits per heavy atom. The fourth-order valence-corrected chi connectivity index (χ4v) is 2.61. The third-order valence-electron chi connectivity index (χ3n) is 3.58. The van der Waals surface area contributed by atoms with E-state index in [1.165, 1.54) is 12.3 Å². The first kappa shape index (κ1) is 15.2. The molecule has 7 heteroatoms. The lowest BCUT2D eigenvalue weighted by Gasteiger charge is -2.27. The molecule has 21 heavy (non-hydrogen) atoms. The standard InChI is InChI=1S/C14H19N5O2/c1-2-6-18(10-12-4-3-5-16-12)14-11(8-15)7-13(9-17-14)19(20)21/h7,9,12,16H,2-6,10H2,1H3. The van der Waals surface area contributed by atoms with E-state index in [-0.39, 0.29) is 11.3 Å². The maximum atomic E-state index is 10.8. The fourth-order valence-electron chi connectivity index (χ4n) is 2.61. The lowest BCUT2D eigenvalue weighted by atomic mass is 10.2. The van der Waals surface area contributed by atoms with E-state index < -0.39 is 4.92 Å². The van der Waals surface area contributed by atoms with Gasteiger partial charge in [-0.2, -0.15) is 5.26 Å². The van der Waals surface area contributed by atoms with Crippen molar-refractivity contribution in [2.24, 2.45) is 0 Å². The number of anilines is 1. The third kappa shape index (κ3) is 3.67. The van der Waals surface area contributed by atoms with Crippen LogP contribution < -0.4 is 10.2 Å². The Bertz CT molecular complexity index is 549. The summed E-state index contributed by atoms with van der Waals surface area (Å²) in [6.45, 7) is 4.63. The Hall–Kier alpha value is -2.20. The van der Waals surface area contributed by atoms with Crippen LogP contribution in [0.2, 0.25) is 0 Å². The van der Waals surface area contributed by atoms with Crippen molar-refractivity contribution in [1.29, 1.82) is 5.26 Å². The molecule has 1 aliphatic rings. The van der Waals surface area contributed by atoms with E-state index in [2.05, 4.69) is 17.2 Å². The summed E-state index contributed by atoms with van der Waals surface area (Å²) in [5, 5.41) is 23.5. The van der Waals surface area contributed by atoms with Crippen LogP contribution in [0.3, 0.4) is 0 Å². The molecule has 112 valence electrons. The molecular formula is C14H19N5O2. The molecule has 1 aromatic rings. The lowest BCUT2D eigenvalue weighted by molar-refractivity contribution is -0.385. The van der Waals surface area contributed by atoms with Crippen LogP contribution in [-0.2, 0) is 0 Å². The molecule has 0 spiro atoms. The van der Waals surface area contributed by atoms with Gasteiger partial charge >= 0.3 is 0 Å². The van der Waals surface area contributed by atoms with Crippen molar-refractivity contribution < 1.29 is 4.92 Å². The van der Waals surface area contributed by atoms with Gasteiger partial charge in [-0.25, -0.2) is 4.98 Å². The van der Waals surface area contributed by atoms with E-state index in [0.29, 0.717) is 11.9 Å². The van der Waals surface area contributed by atoms with Crippen LogP contribution in [-0.4, -0.2) is 35.6 Å². The molecular weight excluding hydrogens is 270 g/mol. The molecule has 0 amide bonds. The first-order valence-corrected chi connectivity index (χ1v) is 7.18. The van der Waals surface area contributed by atoms with E-state index in [9.17, 15) is 15.4 Å². The molecule has 0 bridgehead atoms. The molecule has 0 aliphatic carbocycles. The molecule has 7 nitrogen and oxygen atoms in total. The van der Waals surface area contributed by atoms with Crippen LogP contribution in [0.1, 0.15) is 31.7 Å². The van der Waals surface area contributed by atoms with Crippen molar-refractivity contribution in [1.82, 2.24) is 10.3 Å². The number of hydrogen-bond donors (Lipinski definition) is 1. The van der Waals surface area contributed by atoms with Crippen molar-refractivity contribution in [3.63, 3.8) is 0 Å². The molecule has 0 saturated carbocycles. The van der Waals surface area contributed by atoms with Crippen LogP contribution in [0.25, 0.3) is 0 Å². The summed E-state index contributed by atoms with van der Waals surface area (Å²) in [6, 6.07) is 3.71. The minimum atomic E-state index is -0.527. The van der Waals surface area contributed by atoms with Crippen molar-refractivity contribution in [3.8, 4) is 6.07 Å². The Kier molecular flexibility index (Phi) is 5.06. The number of nitriles is 1. The molecule has 1 N–H and O–H groups in total. The Balaban J connectivity index is 2.26. The first-order valence-electron chi connectivity index (χ1n) is 7.18. The zero-order valence-corrected chi connectivity index (χ0v) is 12.1. The minimum Gasteiger partial charge on any atom is -0.354 e. The second-order valence-corrected chi connectivity index (χ2v) is 5.17. The number of nitrogens with zero attached hydrogens (tertiary/aromatic N) is 4. The van der Waals surface area contributed by atoms with Gasteiger partial charge in [0.25, 0.3) is 5.69 Å². The number of pyridine rings is 1. The van der Waals surface area contributed by atoms with E-state index in [0.717, 1.165) is 38.9 Å². The van der Waals surface area contributed by atoms with Crippen molar-refractivity contribution in [2.75, 3.05) is 24.5 Å². The number of nitro groups is 1. The lowest BCUT2D eigenvalue weighted by Crippen LogP contribution is -2.38. The second-order valence-electron chi connectivity index (χ2n) is 5.17. The highest BCUT2D eigenvalue weighted by Gasteiger charge is 2.22. The topological polar surface area (TPSA) is 95.1 Å². The summed E-state index contributed by atoms with van der Waals surface area (Å²) >= 11 is 0. The summed E-state index contributed by atoms with van der Waals surface area (Å²) in [5.74, 6) is 0.540. The first-order chi connectivity index (χ1) is 10.2. The van der Waals surface area contributed by atoms with Gasteiger partial charge in [0.15, 0.2) is 0 Å². The Morgan fingerprint density at radius 1 is 1.67 bits per heavy atom. The summed E-state index contributed by atoms with van der Waals surface area (Å²) in [7, 11) is 0. The summed E-state index contributed by atoms with van der Waals surface area (Å²) in [6.07, 6.45) is 4.41. The summed E-state index contributed by atoms with van der Waals surface area (Å²) in [5.41, 5.74) is 0.112. The van der Waals surface area contributed by atoms with Crippen molar-refractivity contribution in [3.05, 3.63) is 27.9 Å². The molecule has 1 aliphatic heterocycles. The second kappa shape index (κ2) is 6.99. The highest BCUT2D eigenvalue weighted by atomic mass is 16.6. The Labute approximate surface area is 123 Å². The number of aromatic nitrogens is 1. The van der Waals surface area contributed by atoms with Crippen molar-refractivity contribution >= 4 is 11.5 Å². The average Bonchev–Trinajstić information content (AvgIpc) is 2.99. The van der Waals surface area contributed by atoms with E-state index in [4.69, 9.17) is 0 Å². The normalized spacial score (nSPS) is 17.4. The van der Waals surface area contributed by atoms with Gasteiger partial charge in [-0.15, -0.1) is 0 Å². The predicted octanol–water partition coefficient (Wildman–Crippen LogP) is 1.83. The van der Waals surface area contributed by atoms with E-state index in [1.54, 1.807) is 0 Å². The van der Waals surface area contributed by atoms with Crippen LogP contribution in [0, 0.1) is 21.4 Å². The quantitative estimate of drug-likeness (QED) is 0.634. The molecule has 1 aromatic heterocycles. The van der Waals surface area contributed by atoms with Gasteiger partial charge in [0.2, 0.25) is 0 Å². The number of rotatable bonds is 6. The minimum absolute atomic E-state index is 0.147. The maximum absolute atomic E-state index is 10.8. The largest absolute Gasteiger partial charge is 0.354 e. The van der Waals surface area contributed by atoms with Gasteiger partial charge in [-0.05, 0) is 25.8 Å². The molecule has 1 unspecified atom stereocenters. The average molecular weight is 289 g/mol. The molecule has 0 radical (unpaired) electrons. The van der Waals surface area contributed by atoms with Gasteiger partial charge in [0.1, 0.15) is 23.6 Å². The third-order valence-corrected chi connectivity index (χ3v) is 3.58. The van der Waals surface area contributed by atoms with Crippen LogP contribution in [0.5, 0.6) is 0 Å². The van der Waals surface area contributed by atoms with Crippen LogP contribution >= 0.6 is 0 Å². The van der Waals surface area contributed by atoms with Crippen molar-refractivity contribution in [2.45, 2.75) is 32.2 Å². The van der Waals surface area contributed by atoms with Gasteiger partial charge in [-0.3, -0.25) is 10.1 Å². The highest BCUT2D eigenvalue weighted by molar-refractivity contribution is 5.57. The SMILES string of the molecule is CCCN(CC1CCCN1)c1ncc([N+](=O)[O-])cc1C#N. The summed E-state index contributed by atoms with van der Waals surface area (Å²) < 4.78 is 0. The smallest absolute Gasteiger partial charge is 0.289 e. The fraction of sp³-hybridized carbons (Fsp3) is 0.571. The number of hydrogen-bond acceptors (Lipinski definition) is 6. The predicted molar refractivity (Wildman–Crippen MR) is 79.1 cm³/mol. The molecule has 1 fully saturated rings. The molecule has 2 rings (SSSR count). The van der Waals surface area contributed by atoms with Gasteiger partial charge in [0, 0.05) is 25.2 Å². The zero-order valence-electron chi connectivity index (χ0n) is 12.1. The van der Waals surface area contributed by atoms with Crippen LogP contribution in [0.4, 0.5) is 11.5 Å². The molecule has 2 heterocycles. The monoisotopic (exact) mass is 289 g/mol. The van der Waals surface area contributed by atoms with Gasteiger partial charge in [-0.1, -0.05) is 6.92 Å². The zero-order chi connectivity index (χ0) is 15.2. The van der Waals surface area contributed by atoms with E-state index in [1.807, 2.05) is 11.0 Å². The van der Waals surface area contributed by atoms with Gasteiger partial charge < -0.3 is 10.2 Å². The highest BCUT2D eigenvalue weighted by Crippen LogP contribution is 2.23. The van der Waals surface area contributed by atoms with E-state index >= 15 is 0 Å². The maximum Gasteiger partial charge on any atom is 0.289 e. The number of nitrogens with one attached hydrogen (secondary N) is 1.